The van der Waals surface area contributed by atoms with E-state index in [1.165, 1.54) is 12.1 Å². The number of amides is 1. The van der Waals surface area contributed by atoms with Crippen LogP contribution in [0.15, 0.2) is 59.5 Å². The molecule has 162 valence electrons. The highest BCUT2D eigenvalue weighted by molar-refractivity contribution is 7.92. The number of rotatable bonds is 7. The van der Waals surface area contributed by atoms with Gasteiger partial charge in [0, 0.05) is 0 Å². The molecule has 1 aromatic heterocycles. The van der Waals surface area contributed by atoms with Crippen molar-refractivity contribution in [1.29, 1.82) is 0 Å². The summed E-state index contributed by atoms with van der Waals surface area (Å²) in [5.74, 6) is 0.381. The van der Waals surface area contributed by atoms with Crippen LogP contribution in [0.5, 0.6) is 11.8 Å². The van der Waals surface area contributed by atoms with E-state index in [1.807, 2.05) is 18.2 Å². The summed E-state index contributed by atoms with van der Waals surface area (Å²) in [7, 11) is -3.34. The number of nitrogens with zero attached hydrogens (tertiary/aromatic N) is 2. The summed E-state index contributed by atoms with van der Waals surface area (Å²) < 4.78 is 30.1. The number of para-hydroxylation sites is 1. The normalized spacial score (nSPS) is 11.4. The maximum atomic E-state index is 12.5. The van der Waals surface area contributed by atoms with Crippen LogP contribution in [-0.4, -0.2) is 29.5 Å². The Morgan fingerprint density at radius 2 is 1.55 bits per heavy atom. The van der Waals surface area contributed by atoms with Crippen molar-refractivity contribution >= 4 is 21.4 Å². The number of anilines is 1. The van der Waals surface area contributed by atoms with Crippen molar-refractivity contribution < 1.29 is 17.9 Å². The molecule has 31 heavy (non-hydrogen) atoms. The molecule has 2 aromatic carbocycles. The fraction of sp³-hybridized carbons (Fsp3) is 0.261. The zero-order valence-corrected chi connectivity index (χ0v) is 18.7. The number of aryl methyl sites for hydroxylation is 2. The Bertz CT molecular complexity index is 1150. The SMILES string of the molecule is Cc1nc(Oc2ccccc2)nc(C)c1NC(=O)Cc1ccc(S(=O)(=O)C(C)C)cc1. The maximum Gasteiger partial charge on any atom is 0.322 e. The van der Waals surface area contributed by atoms with E-state index in [2.05, 4.69) is 15.3 Å². The number of nitrogens with one attached hydrogen (secondary N) is 1. The number of hydrogen-bond donors (Lipinski definition) is 1. The quantitative estimate of drug-likeness (QED) is 0.591. The van der Waals surface area contributed by atoms with Crippen LogP contribution in [0.3, 0.4) is 0 Å². The van der Waals surface area contributed by atoms with Gasteiger partial charge in [0.2, 0.25) is 5.91 Å². The van der Waals surface area contributed by atoms with Gasteiger partial charge in [-0.1, -0.05) is 30.3 Å². The number of carbonyl (C=O) groups is 1. The van der Waals surface area contributed by atoms with Gasteiger partial charge in [-0.25, -0.2) is 8.42 Å². The van der Waals surface area contributed by atoms with Gasteiger partial charge in [0.05, 0.1) is 33.6 Å². The van der Waals surface area contributed by atoms with Crippen LogP contribution in [0, 0.1) is 13.8 Å². The highest BCUT2D eigenvalue weighted by Gasteiger charge is 2.19. The molecule has 0 fully saturated rings. The minimum atomic E-state index is -3.34. The molecule has 0 saturated heterocycles. The first kappa shape index (κ1) is 22.4. The number of ether oxygens (including phenoxy) is 1. The van der Waals surface area contributed by atoms with E-state index in [-0.39, 0.29) is 23.2 Å². The first-order valence-electron chi connectivity index (χ1n) is 9.87. The van der Waals surface area contributed by atoms with Gasteiger partial charge in [-0.3, -0.25) is 4.79 Å². The number of hydrogen-bond acceptors (Lipinski definition) is 6. The highest BCUT2D eigenvalue weighted by Crippen LogP contribution is 2.23. The molecule has 0 aliphatic rings. The van der Waals surface area contributed by atoms with E-state index in [9.17, 15) is 13.2 Å². The van der Waals surface area contributed by atoms with E-state index >= 15 is 0 Å². The Kier molecular flexibility index (Phi) is 6.70. The lowest BCUT2D eigenvalue weighted by Gasteiger charge is -2.13. The van der Waals surface area contributed by atoms with E-state index in [0.29, 0.717) is 28.4 Å². The average Bonchev–Trinajstić information content (AvgIpc) is 2.72. The molecule has 3 rings (SSSR count). The highest BCUT2D eigenvalue weighted by atomic mass is 32.2. The Morgan fingerprint density at radius 1 is 0.968 bits per heavy atom. The summed E-state index contributed by atoms with van der Waals surface area (Å²) >= 11 is 0. The van der Waals surface area contributed by atoms with Crippen LogP contribution < -0.4 is 10.1 Å². The van der Waals surface area contributed by atoms with Crippen LogP contribution in [0.25, 0.3) is 0 Å². The van der Waals surface area contributed by atoms with Crippen molar-refractivity contribution in [2.45, 2.75) is 44.3 Å². The Labute approximate surface area is 182 Å². The Morgan fingerprint density at radius 3 is 2.10 bits per heavy atom. The number of benzene rings is 2. The molecule has 0 bridgehead atoms. The van der Waals surface area contributed by atoms with Gasteiger partial charge in [0.15, 0.2) is 9.84 Å². The summed E-state index contributed by atoms with van der Waals surface area (Å²) in [5.41, 5.74) is 2.42. The molecule has 1 N–H and O–H groups in total. The molecule has 1 amide bonds. The zero-order chi connectivity index (χ0) is 22.6. The van der Waals surface area contributed by atoms with E-state index in [4.69, 9.17) is 4.74 Å². The second-order valence-corrected chi connectivity index (χ2v) is 9.93. The summed E-state index contributed by atoms with van der Waals surface area (Å²) in [6, 6.07) is 15.8. The summed E-state index contributed by atoms with van der Waals surface area (Å²) in [6.07, 6.45) is 0.100. The fourth-order valence-electron chi connectivity index (χ4n) is 2.94. The summed E-state index contributed by atoms with van der Waals surface area (Å²) in [6.45, 7) is 6.82. The fourth-order valence-corrected chi connectivity index (χ4v) is 4.00. The first-order chi connectivity index (χ1) is 14.7. The standard InChI is InChI=1S/C23H25N3O4S/c1-15(2)31(28,29)20-12-10-18(11-13-20)14-21(27)26-22-16(3)24-23(25-17(22)4)30-19-8-6-5-7-9-19/h5-13,15H,14H2,1-4H3,(H,26,27). The lowest BCUT2D eigenvalue weighted by atomic mass is 10.1. The summed E-state index contributed by atoms with van der Waals surface area (Å²) in [4.78, 5) is 21.4. The van der Waals surface area contributed by atoms with Gasteiger partial charge in [0.25, 0.3) is 0 Å². The molecule has 0 atom stereocenters. The topological polar surface area (TPSA) is 98.2 Å². The molecule has 1 heterocycles. The molecule has 0 spiro atoms. The van der Waals surface area contributed by atoms with E-state index in [1.54, 1.807) is 52.0 Å². The largest absolute Gasteiger partial charge is 0.424 e. The van der Waals surface area contributed by atoms with Gasteiger partial charge in [-0.2, -0.15) is 9.97 Å². The van der Waals surface area contributed by atoms with Crippen molar-refractivity contribution in [3.8, 4) is 11.8 Å². The smallest absolute Gasteiger partial charge is 0.322 e. The van der Waals surface area contributed by atoms with Crippen molar-refractivity contribution in [1.82, 2.24) is 9.97 Å². The van der Waals surface area contributed by atoms with Gasteiger partial charge in [0.1, 0.15) is 5.75 Å². The lowest BCUT2D eigenvalue weighted by molar-refractivity contribution is -0.115. The van der Waals surface area contributed by atoms with Gasteiger partial charge < -0.3 is 10.1 Å². The van der Waals surface area contributed by atoms with Crippen LogP contribution in [-0.2, 0) is 21.1 Å². The van der Waals surface area contributed by atoms with Gasteiger partial charge >= 0.3 is 6.01 Å². The second-order valence-electron chi connectivity index (χ2n) is 7.43. The predicted molar refractivity (Wildman–Crippen MR) is 119 cm³/mol. The number of aromatic nitrogens is 2. The molecule has 0 radical (unpaired) electrons. The predicted octanol–water partition coefficient (Wildman–Crippen LogP) is 4.25. The maximum absolute atomic E-state index is 12.5. The van der Waals surface area contributed by atoms with Crippen LogP contribution >= 0.6 is 0 Å². The second kappa shape index (κ2) is 9.26. The minimum Gasteiger partial charge on any atom is -0.424 e. The van der Waals surface area contributed by atoms with E-state index in [0.717, 1.165) is 0 Å². The average molecular weight is 440 g/mol. The van der Waals surface area contributed by atoms with Crippen molar-refractivity contribution in [3.05, 3.63) is 71.5 Å². The molecule has 7 nitrogen and oxygen atoms in total. The van der Waals surface area contributed by atoms with E-state index < -0.39 is 15.1 Å². The van der Waals surface area contributed by atoms with Crippen LogP contribution in [0.1, 0.15) is 30.8 Å². The molecular weight excluding hydrogens is 414 g/mol. The molecule has 0 saturated carbocycles. The minimum absolute atomic E-state index is 0.100. The van der Waals surface area contributed by atoms with Gasteiger partial charge in [-0.05, 0) is 57.5 Å². The number of carbonyl (C=O) groups excluding carboxylic acids is 1. The van der Waals surface area contributed by atoms with Crippen molar-refractivity contribution in [3.63, 3.8) is 0 Å². The van der Waals surface area contributed by atoms with Crippen molar-refractivity contribution in [2.75, 3.05) is 5.32 Å². The Hall–Kier alpha value is -3.26. The molecule has 0 aliphatic carbocycles. The van der Waals surface area contributed by atoms with Crippen molar-refractivity contribution in [2.24, 2.45) is 0 Å². The molecule has 0 unspecified atom stereocenters. The lowest BCUT2D eigenvalue weighted by Crippen LogP contribution is -2.17. The molecule has 8 heteroatoms. The van der Waals surface area contributed by atoms with Crippen LogP contribution in [0.4, 0.5) is 5.69 Å². The monoisotopic (exact) mass is 439 g/mol. The third kappa shape index (κ3) is 5.46. The summed E-state index contributed by atoms with van der Waals surface area (Å²) in [5, 5.41) is 2.34. The third-order valence-corrected chi connectivity index (χ3v) is 6.87. The zero-order valence-electron chi connectivity index (χ0n) is 17.9. The molecular formula is C23H25N3O4S. The van der Waals surface area contributed by atoms with Gasteiger partial charge in [-0.15, -0.1) is 0 Å². The molecule has 0 aliphatic heterocycles. The first-order valence-corrected chi connectivity index (χ1v) is 11.4. The van der Waals surface area contributed by atoms with Crippen LogP contribution in [0.2, 0.25) is 0 Å². The third-order valence-electron chi connectivity index (χ3n) is 4.70. The molecule has 3 aromatic rings. The number of sulfone groups is 1. The Balaban J connectivity index is 1.69.